The van der Waals surface area contributed by atoms with Crippen LogP contribution in [0, 0.1) is 0 Å². The lowest BCUT2D eigenvalue weighted by Crippen LogP contribution is -2.25. The predicted octanol–water partition coefficient (Wildman–Crippen LogP) is 1.06. The maximum absolute atomic E-state index is 12.1. The highest BCUT2D eigenvalue weighted by Crippen LogP contribution is 2.37. The minimum atomic E-state index is -0.116. The number of imidazole rings is 1. The highest BCUT2D eigenvalue weighted by Gasteiger charge is 2.27. The van der Waals surface area contributed by atoms with E-state index in [0.717, 1.165) is 18.7 Å². The molecule has 0 aliphatic heterocycles. The lowest BCUT2D eigenvalue weighted by atomic mass is 10.3. The van der Waals surface area contributed by atoms with E-state index in [1.54, 1.807) is 18.5 Å². The van der Waals surface area contributed by atoms with Crippen molar-refractivity contribution in [1.82, 2.24) is 19.9 Å². The molecule has 94 valence electrons. The van der Waals surface area contributed by atoms with Crippen molar-refractivity contribution < 1.29 is 4.79 Å². The molecule has 0 atom stereocenters. The SMILES string of the molecule is Nc1cc(C(=O)NCc2ncc[nH]2)n(C2CC2)c1. The van der Waals surface area contributed by atoms with E-state index < -0.39 is 0 Å². The Balaban J connectivity index is 1.71. The molecule has 0 saturated heterocycles. The summed E-state index contributed by atoms with van der Waals surface area (Å²) in [5.74, 6) is 0.621. The number of rotatable bonds is 4. The first kappa shape index (κ1) is 10.9. The van der Waals surface area contributed by atoms with Crippen molar-refractivity contribution in [3.8, 4) is 0 Å². The third kappa shape index (κ3) is 2.09. The highest BCUT2D eigenvalue weighted by atomic mass is 16.1. The Morgan fingerprint density at radius 3 is 3.11 bits per heavy atom. The number of aromatic amines is 1. The van der Waals surface area contributed by atoms with Crippen LogP contribution in [0.1, 0.15) is 35.2 Å². The lowest BCUT2D eigenvalue weighted by Gasteiger charge is -2.07. The minimum absolute atomic E-state index is 0.116. The number of anilines is 1. The largest absolute Gasteiger partial charge is 0.397 e. The van der Waals surface area contributed by atoms with Crippen LogP contribution in [0.3, 0.4) is 0 Å². The normalized spacial score (nSPS) is 14.7. The number of amides is 1. The van der Waals surface area contributed by atoms with Gasteiger partial charge in [0.15, 0.2) is 0 Å². The summed E-state index contributed by atoms with van der Waals surface area (Å²) in [6.45, 7) is 0.390. The molecule has 1 saturated carbocycles. The van der Waals surface area contributed by atoms with Gasteiger partial charge in [0.25, 0.3) is 5.91 Å². The summed E-state index contributed by atoms with van der Waals surface area (Å²) in [6, 6.07) is 2.15. The molecule has 0 bridgehead atoms. The van der Waals surface area contributed by atoms with Gasteiger partial charge in [-0.2, -0.15) is 0 Å². The first-order valence-corrected chi connectivity index (χ1v) is 5.98. The Morgan fingerprint density at radius 1 is 1.61 bits per heavy atom. The molecule has 0 unspecified atom stereocenters. The van der Waals surface area contributed by atoms with Gasteiger partial charge in [0.05, 0.1) is 12.2 Å². The third-order valence-corrected chi connectivity index (χ3v) is 3.01. The molecule has 6 nitrogen and oxygen atoms in total. The first-order chi connectivity index (χ1) is 8.74. The van der Waals surface area contributed by atoms with E-state index in [2.05, 4.69) is 15.3 Å². The molecule has 6 heteroatoms. The lowest BCUT2D eigenvalue weighted by molar-refractivity contribution is 0.0940. The minimum Gasteiger partial charge on any atom is -0.397 e. The van der Waals surface area contributed by atoms with E-state index in [0.29, 0.717) is 24.0 Å². The summed E-state index contributed by atoms with van der Waals surface area (Å²) in [6.07, 6.45) is 7.46. The van der Waals surface area contributed by atoms with Crippen LogP contribution in [0.15, 0.2) is 24.7 Å². The van der Waals surface area contributed by atoms with E-state index in [-0.39, 0.29) is 5.91 Å². The number of nitrogens with two attached hydrogens (primary N) is 1. The number of nitrogens with one attached hydrogen (secondary N) is 2. The molecule has 3 rings (SSSR count). The van der Waals surface area contributed by atoms with Crippen molar-refractivity contribution in [3.63, 3.8) is 0 Å². The fourth-order valence-electron chi connectivity index (χ4n) is 1.99. The van der Waals surface area contributed by atoms with E-state index in [1.807, 2.05) is 10.8 Å². The van der Waals surface area contributed by atoms with Crippen LogP contribution in [0.2, 0.25) is 0 Å². The number of nitrogen functional groups attached to an aromatic ring is 1. The number of hydrogen-bond acceptors (Lipinski definition) is 3. The van der Waals surface area contributed by atoms with Crippen molar-refractivity contribution in [2.45, 2.75) is 25.4 Å². The van der Waals surface area contributed by atoms with Gasteiger partial charge in [-0.3, -0.25) is 4.79 Å². The molecule has 1 fully saturated rings. The van der Waals surface area contributed by atoms with Gasteiger partial charge in [-0.15, -0.1) is 0 Å². The van der Waals surface area contributed by atoms with Gasteiger partial charge >= 0.3 is 0 Å². The second-order valence-electron chi connectivity index (χ2n) is 4.52. The monoisotopic (exact) mass is 245 g/mol. The molecule has 1 amide bonds. The smallest absolute Gasteiger partial charge is 0.268 e. The van der Waals surface area contributed by atoms with Crippen molar-refractivity contribution >= 4 is 11.6 Å². The molecule has 2 heterocycles. The number of carbonyl (C=O) groups excluding carboxylic acids is 1. The molecule has 1 aliphatic rings. The molecule has 1 aliphatic carbocycles. The molecular formula is C12H15N5O. The average molecular weight is 245 g/mol. The Hall–Kier alpha value is -2.24. The molecule has 18 heavy (non-hydrogen) atoms. The maximum Gasteiger partial charge on any atom is 0.268 e. The Bertz CT molecular complexity index is 553. The standard InChI is InChI=1S/C12H15N5O/c13-8-5-10(17(7-8)9-1-2-9)12(18)16-6-11-14-3-4-15-11/h3-5,7,9H,1-2,6,13H2,(H,14,15)(H,16,18). The van der Waals surface area contributed by atoms with Gasteiger partial charge in [0, 0.05) is 24.6 Å². The zero-order valence-corrected chi connectivity index (χ0v) is 9.89. The number of H-pyrrole nitrogens is 1. The topological polar surface area (TPSA) is 88.7 Å². The van der Waals surface area contributed by atoms with Gasteiger partial charge < -0.3 is 20.6 Å². The molecule has 2 aromatic rings. The fourth-order valence-corrected chi connectivity index (χ4v) is 1.99. The summed E-state index contributed by atoms with van der Waals surface area (Å²) in [5.41, 5.74) is 7.01. The maximum atomic E-state index is 12.1. The van der Waals surface area contributed by atoms with E-state index in [1.165, 1.54) is 0 Å². The molecule has 0 radical (unpaired) electrons. The zero-order valence-electron chi connectivity index (χ0n) is 9.89. The number of hydrogen-bond donors (Lipinski definition) is 3. The molecular weight excluding hydrogens is 230 g/mol. The second-order valence-corrected chi connectivity index (χ2v) is 4.52. The Kier molecular flexibility index (Phi) is 2.55. The van der Waals surface area contributed by atoms with Crippen LogP contribution in [0.25, 0.3) is 0 Å². The zero-order chi connectivity index (χ0) is 12.5. The van der Waals surface area contributed by atoms with Gasteiger partial charge in [0.2, 0.25) is 0 Å². The number of nitrogens with zero attached hydrogens (tertiary/aromatic N) is 2. The van der Waals surface area contributed by atoms with E-state index in [9.17, 15) is 4.79 Å². The number of carbonyl (C=O) groups is 1. The quantitative estimate of drug-likeness (QED) is 0.752. The average Bonchev–Trinajstić information content (AvgIpc) is 2.92. The summed E-state index contributed by atoms with van der Waals surface area (Å²) < 4.78 is 1.97. The van der Waals surface area contributed by atoms with Crippen molar-refractivity contribution in [2.75, 3.05) is 5.73 Å². The Labute approximate surface area is 104 Å². The van der Waals surface area contributed by atoms with Crippen molar-refractivity contribution in [1.29, 1.82) is 0 Å². The summed E-state index contributed by atoms with van der Waals surface area (Å²) >= 11 is 0. The second kappa shape index (κ2) is 4.21. The van der Waals surface area contributed by atoms with Crippen LogP contribution >= 0.6 is 0 Å². The van der Waals surface area contributed by atoms with E-state index >= 15 is 0 Å². The summed E-state index contributed by atoms with van der Waals surface area (Å²) in [4.78, 5) is 19.1. The van der Waals surface area contributed by atoms with E-state index in [4.69, 9.17) is 5.73 Å². The fraction of sp³-hybridized carbons (Fsp3) is 0.333. The van der Waals surface area contributed by atoms with Crippen molar-refractivity contribution in [2.24, 2.45) is 0 Å². The van der Waals surface area contributed by atoms with Crippen LogP contribution in [0.5, 0.6) is 0 Å². The third-order valence-electron chi connectivity index (χ3n) is 3.01. The van der Waals surface area contributed by atoms with Crippen LogP contribution in [-0.4, -0.2) is 20.4 Å². The van der Waals surface area contributed by atoms with Crippen LogP contribution in [-0.2, 0) is 6.54 Å². The summed E-state index contributed by atoms with van der Waals surface area (Å²) in [5, 5.41) is 2.83. The first-order valence-electron chi connectivity index (χ1n) is 5.98. The van der Waals surface area contributed by atoms with Crippen LogP contribution < -0.4 is 11.1 Å². The van der Waals surface area contributed by atoms with Gasteiger partial charge in [-0.25, -0.2) is 4.98 Å². The molecule has 2 aromatic heterocycles. The number of aromatic nitrogens is 3. The van der Waals surface area contributed by atoms with Gasteiger partial charge in [0.1, 0.15) is 11.5 Å². The summed E-state index contributed by atoms with van der Waals surface area (Å²) in [7, 11) is 0. The molecule has 0 aromatic carbocycles. The van der Waals surface area contributed by atoms with Crippen molar-refractivity contribution in [3.05, 3.63) is 36.2 Å². The molecule has 0 spiro atoms. The highest BCUT2D eigenvalue weighted by molar-refractivity contribution is 5.93. The predicted molar refractivity (Wildman–Crippen MR) is 66.9 cm³/mol. The Morgan fingerprint density at radius 2 is 2.44 bits per heavy atom. The van der Waals surface area contributed by atoms with Crippen LogP contribution in [0.4, 0.5) is 5.69 Å². The van der Waals surface area contributed by atoms with Gasteiger partial charge in [-0.05, 0) is 18.9 Å². The molecule has 4 N–H and O–H groups in total. The van der Waals surface area contributed by atoms with Gasteiger partial charge in [-0.1, -0.05) is 0 Å².